The zero-order chi connectivity index (χ0) is 20.4. The second-order valence-electron chi connectivity index (χ2n) is 6.65. The van der Waals surface area contributed by atoms with E-state index in [9.17, 15) is 4.79 Å². The number of fused-ring (bicyclic) bond motifs is 1. The normalized spacial score (nSPS) is 10.9. The Bertz CT molecular complexity index is 1180. The van der Waals surface area contributed by atoms with Gasteiger partial charge in [-0.2, -0.15) is 5.10 Å². The molecule has 0 unspecified atom stereocenters. The summed E-state index contributed by atoms with van der Waals surface area (Å²) < 4.78 is 6.82. The summed E-state index contributed by atoms with van der Waals surface area (Å²) in [5.74, 6) is 0.857. The molecule has 0 aliphatic carbocycles. The average molecular weight is 387 g/mol. The molecule has 0 bridgehead atoms. The van der Waals surface area contributed by atoms with E-state index in [1.54, 1.807) is 23.7 Å². The Balaban J connectivity index is 1.75. The molecule has 0 aliphatic heterocycles. The van der Waals surface area contributed by atoms with Crippen LogP contribution in [0.25, 0.3) is 16.9 Å². The molecule has 0 atom stereocenters. The zero-order valence-corrected chi connectivity index (χ0v) is 16.5. The van der Waals surface area contributed by atoms with Crippen molar-refractivity contribution in [3.05, 3.63) is 71.5 Å². The fourth-order valence-electron chi connectivity index (χ4n) is 3.11. The number of ether oxygens (including phenoxy) is 1. The molecule has 0 spiro atoms. The van der Waals surface area contributed by atoms with Crippen LogP contribution in [0, 0.1) is 13.8 Å². The van der Waals surface area contributed by atoms with E-state index in [0.717, 1.165) is 28.1 Å². The SMILES string of the molecule is CCOC(=O)c1ccc(Nc2nc3ccccc3nc2-n2nc(C)cc2C)cc1. The fourth-order valence-corrected chi connectivity index (χ4v) is 3.11. The van der Waals surface area contributed by atoms with E-state index in [-0.39, 0.29) is 5.97 Å². The lowest BCUT2D eigenvalue weighted by atomic mass is 10.2. The molecular weight excluding hydrogens is 366 g/mol. The zero-order valence-electron chi connectivity index (χ0n) is 16.5. The molecule has 0 fully saturated rings. The van der Waals surface area contributed by atoms with Gasteiger partial charge in [-0.25, -0.2) is 19.4 Å². The van der Waals surface area contributed by atoms with Gasteiger partial charge >= 0.3 is 5.97 Å². The molecule has 7 nitrogen and oxygen atoms in total. The third-order valence-corrected chi connectivity index (χ3v) is 4.42. The first kappa shape index (κ1) is 18.6. The second-order valence-corrected chi connectivity index (χ2v) is 6.65. The molecule has 0 aliphatic rings. The highest BCUT2D eigenvalue weighted by molar-refractivity contribution is 5.90. The first-order valence-electron chi connectivity index (χ1n) is 9.40. The number of para-hydroxylation sites is 2. The van der Waals surface area contributed by atoms with Crippen LogP contribution < -0.4 is 5.32 Å². The lowest BCUT2D eigenvalue weighted by Crippen LogP contribution is -2.09. The quantitative estimate of drug-likeness (QED) is 0.513. The number of carbonyl (C=O) groups is 1. The number of carbonyl (C=O) groups excluding carboxylic acids is 1. The molecular formula is C22H21N5O2. The molecule has 4 aromatic rings. The van der Waals surface area contributed by atoms with Gasteiger partial charge in [-0.15, -0.1) is 0 Å². The van der Waals surface area contributed by atoms with Gasteiger partial charge in [-0.1, -0.05) is 12.1 Å². The molecule has 29 heavy (non-hydrogen) atoms. The fraction of sp³-hybridized carbons (Fsp3) is 0.182. The number of nitrogens with zero attached hydrogens (tertiary/aromatic N) is 4. The minimum absolute atomic E-state index is 0.340. The van der Waals surface area contributed by atoms with E-state index in [0.29, 0.717) is 23.8 Å². The Labute approximate surface area is 168 Å². The van der Waals surface area contributed by atoms with Crippen molar-refractivity contribution in [2.75, 3.05) is 11.9 Å². The summed E-state index contributed by atoms with van der Waals surface area (Å²) in [5, 5.41) is 7.87. The van der Waals surface area contributed by atoms with Gasteiger partial charge in [-0.05, 0) is 63.2 Å². The topological polar surface area (TPSA) is 81.9 Å². The summed E-state index contributed by atoms with van der Waals surface area (Å²) in [7, 11) is 0. The first-order chi connectivity index (χ1) is 14.0. The Morgan fingerprint density at radius 1 is 1.03 bits per heavy atom. The Morgan fingerprint density at radius 2 is 1.72 bits per heavy atom. The van der Waals surface area contributed by atoms with Crippen LogP contribution in [0.15, 0.2) is 54.6 Å². The van der Waals surface area contributed by atoms with E-state index in [4.69, 9.17) is 14.7 Å². The van der Waals surface area contributed by atoms with Crippen LogP contribution in [0.4, 0.5) is 11.5 Å². The van der Waals surface area contributed by atoms with Crippen LogP contribution in [0.1, 0.15) is 28.7 Å². The molecule has 1 N–H and O–H groups in total. The van der Waals surface area contributed by atoms with Gasteiger partial charge in [0.2, 0.25) is 0 Å². The lowest BCUT2D eigenvalue weighted by Gasteiger charge is -2.13. The van der Waals surface area contributed by atoms with Crippen LogP contribution in [-0.4, -0.2) is 32.3 Å². The van der Waals surface area contributed by atoms with Crippen LogP contribution in [0.2, 0.25) is 0 Å². The van der Waals surface area contributed by atoms with Crippen LogP contribution in [-0.2, 0) is 4.74 Å². The van der Waals surface area contributed by atoms with Crippen LogP contribution in [0.5, 0.6) is 0 Å². The average Bonchev–Trinajstić information content (AvgIpc) is 3.06. The number of rotatable bonds is 5. The standard InChI is InChI=1S/C22H21N5O2/c1-4-29-22(28)16-9-11-17(12-10-16)23-20-21(27-15(3)13-14(2)26-27)25-19-8-6-5-7-18(19)24-20/h5-13H,4H2,1-3H3,(H,23,24). The maximum atomic E-state index is 11.9. The minimum atomic E-state index is -0.340. The molecule has 2 aromatic carbocycles. The number of aryl methyl sites for hydroxylation is 2. The van der Waals surface area contributed by atoms with Crippen molar-refractivity contribution in [3.63, 3.8) is 0 Å². The predicted octanol–water partition coefficient (Wildman–Crippen LogP) is 4.35. The van der Waals surface area contributed by atoms with Crippen molar-refractivity contribution in [2.45, 2.75) is 20.8 Å². The van der Waals surface area contributed by atoms with Gasteiger partial charge in [0.15, 0.2) is 11.6 Å². The van der Waals surface area contributed by atoms with Gasteiger partial charge in [0.05, 0.1) is 28.9 Å². The highest BCUT2D eigenvalue weighted by Crippen LogP contribution is 2.25. The van der Waals surface area contributed by atoms with Crippen LogP contribution >= 0.6 is 0 Å². The number of aromatic nitrogens is 4. The number of benzene rings is 2. The van der Waals surface area contributed by atoms with Crippen molar-refractivity contribution in [1.29, 1.82) is 0 Å². The summed E-state index contributed by atoms with van der Waals surface area (Å²) in [6.07, 6.45) is 0. The van der Waals surface area contributed by atoms with E-state index in [1.807, 2.05) is 56.3 Å². The maximum absolute atomic E-state index is 11.9. The van der Waals surface area contributed by atoms with Crippen molar-refractivity contribution < 1.29 is 9.53 Å². The van der Waals surface area contributed by atoms with E-state index in [2.05, 4.69) is 10.4 Å². The third kappa shape index (κ3) is 3.80. The summed E-state index contributed by atoms with van der Waals surface area (Å²) in [4.78, 5) is 21.4. The molecule has 0 amide bonds. The minimum Gasteiger partial charge on any atom is -0.462 e. The first-order valence-corrected chi connectivity index (χ1v) is 9.40. The maximum Gasteiger partial charge on any atom is 0.338 e. The second kappa shape index (κ2) is 7.71. The number of anilines is 2. The Morgan fingerprint density at radius 3 is 2.34 bits per heavy atom. The third-order valence-electron chi connectivity index (χ3n) is 4.42. The molecule has 0 radical (unpaired) electrons. The van der Waals surface area contributed by atoms with Crippen molar-refractivity contribution in [3.8, 4) is 5.82 Å². The largest absolute Gasteiger partial charge is 0.462 e. The van der Waals surface area contributed by atoms with Crippen molar-refractivity contribution in [1.82, 2.24) is 19.7 Å². The smallest absolute Gasteiger partial charge is 0.338 e. The number of hydrogen-bond acceptors (Lipinski definition) is 6. The summed E-state index contributed by atoms with van der Waals surface area (Å²) in [6, 6.07) is 16.8. The molecule has 4 rings (SSSR count). The summed E-state index contributed by atoms with van der Waals surface area (Å²) in [6.45, 7) is 6.05. The van der Waals surface area contributed by atoms with Gasteiger partial charge in [0.1, 0.15) is 0 Å². The highest BCUT2D eigenvalue weighted by Gasteiger charge is 2.15. The summed E-state index contributed by atoms with van der Waals surface area (Å²) in [5.41, 5.74) is 4.72. The number of nitrogens with one attached hydrogen (secondary N) is 1. The van der Waals surface area contributed by atoms with E-state index in [1.165, 1.54) is 0 Å². The molecule has 146 valence electrons. The van der Waals surface area contributed by atoms with E-state index >= 15 is 0 Å². The molecule has 0 saturated carbocycles. The van der Waals surface area contributed by atoms with Gasteiger partial charge in [0.25, 0.3) is 0 Å². The monoisotopic (exact) mass is 387 g/mol. The van der Waals surface area contributed by atoms with Crippen molar-refractivity contribution >= 4 is 28.5 Å². The molecule has 2 heterocycles. The van der Waals surface area contributed by atoms with E-state index < -0.39 is 0 Å². The van der Waals surface area contributed by atoms with Gasteiger partial charge in [-0.3, -0.25) is 0 Å². The number of esters is 1. The molecule has 2 aromatic heterocycles. The lowest BCUT2D eigenvalue weighted by molar-refractivity contribution is 0.0526. The Hall–Kier alpha value is -3.74. The summed E-state index contributed by atoms with van der Waals surface area (Å²) >= 11 is 0. The highest BCUT2D eigenvalue weighted by atomic mass is 16.5. The predicted molar refractivity (Wildman–Crippen MR) is 112 cm³/mol. The number of hydrogen-bond donors (Lipinski definition) is 1. The van der Waals surface area contributed by atoms with Crippen LogP contribution in [0.3, 0.4) is 0 Å². The van der Waals surface area contributed by atoms with Gasteiger partial charge < -0.3 is 10.1 Å². The van der Waals surface area contributed by atoms with Gasteiger partial charge in [0, 0.05) is 11.4 Å². The Kier molecular flexibility index (Phi) is 4.95. The molecule has 0 saturated heterocycles. The molecule has 7 heteroatoms. The van der Waals surface area contributed by atoms with Crippen molar-refractivity contribution in [2.24, 2.45) is 0 Å².